The van der Waals surface area contributed by atoms with Crippen molar-refractivity contribution in [2.45, 2.75) is 78.2 Å². The number of aryl methyl sites for hydroxylation is 2. The van der Waals surface area contributed by atoms with E-state index in [1.807, 2.05) is 25.3 Å². The van der Waals surface area contributed by atoms with Gasteiger partial charge in [-0.15, -0.1) is 0 Å². The number of aromatic nitrogens is 3. The Morgan fingerprint density at radius 1 is 1.28 bits per heavy atom. The van der Waals surface area contributed by atoms with E-state index < -0.39 is 0 Å². The third kappa shape index (κ3) is 5.55. The van der Waals surface area contributed by atoms with Gasteiger partial charge in [-0.1, -0.05) is 18.2 Å². The average molecular weight is 538 g/mol. The molecule has 0 unspecified atom stereocenters. The Kier molecular flexibility index (Phi) is 7.98. The van der Waals surface area contributed by atoms with Crippen LogP contribution in [0.5, 0.6) is 0 Å². The molecule has 1 fully saturated rings. The SMILES string of the molecule is C/C=C(/CC)C(=O)OC[N+]1(CCc2c(C)nc3n(c2=O)CCCC3)CCC(c2noc3cc(F)ccc23)CC1. The van der Waals surface area contributed by atoms with E-state index in [-0.39, 0.29) is 30.0 Å². The number of benzene rings is 1. The molecule has 5 rings (SSSR count). The van der Waals surface area contributed by atoms with Gasteiger partial charge in [0.15, 0.2) is 5.58 Å². The lowest BCUT2D eigenvalue weighted by atomic mass is 9.90. The lowest BCUT2D eigenvalue weighted by Crippen LogP contribution is -2.55. The number of hydrogen-bond acceptors (Lipinski definition) is 6. The van der Waals surface area contributed by atoms with Crippen molar-refractivity contribution in [2.75, 3.05) is 26.4 Å². The molecule has 0 bridgehead atoms. The van der Waals surface area contributed by atoms with Crippen molar-refractivity contribution in [3.8, 4) is 0 Å². The maximum absolute atomic E-state index is 13.7. The molecule has 4 heterocycles. The van der Waals surface area contributed by atoms with Gasteiger partial charge in [-0.3, -0.25) is 13.8 Å². The molecule has 208 valence electrons. The number of likely N-dealkylation sites (tertiary alicyclic amines) is 1. The number of nitrogens with zero attached hydrogens (tertiary/aromatic N) is 4. The summed E-state index contributed by atoms with van der Waals surface area (Å²) in [4.78, 5) is 30.9. The lowest BCUT2D eigenvalue weighted by Gasteiger charge is -2.42. The van der Waals surface area contributed by atoms with Crippen LogP contribution in [0.3, 0.4) is 0 Å². The van der Waals surface area contributed by atoms with Gasteiger partial charge in [0, 0.05) is 66.4 Å². The van der Waals surface area contributed by atoms with Crippen molar-refractivity contribution in [2.24, 2.45) is 0 Å². The van der Waals surface area contributed by atoms with Gasteiger partial charge >= 0.3 is 5.97 Å². The van der Waals surface area contributed by atoms with Crippen LogP contribution >= 0.6 is 0 Å². The second-order valence-corrected chi connectivity index (χ2v) is 11.0. The number of hydrogen-bond donors (Lipinski definition) is 0. The lowest BCUT2D eigenvalue weighted by molar-refractivity contribution is -0.948. The zero-order valence-electron chi connectivity index (χ0n) is 23.2. The smallest absolute Gasteiger partial charge is 0.337 e. The highest BCUT2D eigenvalue weighted by Gasteiger charge is 2.37. The predicted molar refractivity (Wildman–Crippen MR) is 146 cm³/mol. The first-order valence-corrected chi connectivity index (χ1v) is 14.2. The number of quaternary nitrogens is 1. The fraction of sp³-hybridized carbons (Fsp3) is 0.533. The third-order valence-electron chi connectivity index (χ3n) is 8.63. The Morgan fingerprint density at radius 2 is 2.08 bits per heavy atom. The molecule has 3 aromatic rings. The molecular formula is C30H38FN4O4+. The second kappa shape index (κ2) is 11.4. The highest BCUT2D eigenvalue weighted by atomic mass is 19.1. The highest BCUT2D eigenvalue weighted by molar-refractivity contribution is 5.88. The molecule has 0 amide bonds. The van der Waals surface area contributed by atoms with Gasteiger partial charge in [0.05, 0.1) is 25.3 Å². The minimum Gasteiger partial charge on any atom is -0.412 e. The third-order valence-corrected chi connectivity index (χ3v) is 8.63. The Labute approximate surface area is 228 Å². The van der Waals surface area contributed by atoms with Crippen LogP contribution in [0.15, 0.2) is 39.2 Å². The van der Waals surface area contributed by atoms with E-state index >= 15 is 0 Å². The number of allylic oxidation sites excluding steroid dienone is 1. The maximum Gasteiger partial charge on any atom is 0.337 e. The van der Waals surface area contributed by atoms with E-state index in [0.29, 0.717) is 35.0 Å². The molecule has 0 spiro atoms. The van der Waals surface area contributed by atoms with Gasteiger partial charge in [-0.25, -0.2) is 14.2 Å². The Bertz CT molecular complexity index is 1450. The van der Waals surface area contributed by atoms with Gasteiger partial charge in [0.2, 0.25) is 6.73 Å². The minimum atomic E-state index is -0.346. The van der Waals surface area contributed by atoms with Crippen LogP contribution in [0.1, 0.15) is 74.6 Å². The molecule has 0 atom stereocenters. The summed E-state index contributed by atoms with van der Waals surface area (Å²) in [6.07, 6.45) is 7.57. The van der Waals surface area contributed by atoms with Crippen molar-refractivity contribution in [1.82, 2.24) is 14.7 Å². The average Bonchev–Trinajstić information content (AvgIpc) is 3.36. The van der Waals surface area contributed by atoms with Crippen molar-refractivity contribution < 1.29 is 22.9 Å². The summed E-state index contributed by atoms with van der Waals surface area (Å²) in [5, 5.41) is 5.14. The summed E-state index contributed by atoms with van der Waals surface area (Å²) < 4.78 is 27.4. The monoisotopic (exact) mass is 537 g/mol. The van der Waals surface area contributed by atoms with Gasteiger partial charge in [0.25, 0.3) is 5.56 Å². The molecule has 39 heavy (non-hydrogen) atoms. The number of fused-ring (bicyclic) bond motifs is 2. The fourth-order valence-electron chi connectivity index (χ4n) is 6.15. The molecule has 8 nitrogen and oxygen atoms in total. The van der Waals surface area contributed by atoms with E-state index in [2.05, 4.69) is 5.16 Å². The van der Waals surface area contributed by atoms with Gasteiger partial charge in [0.1, 0.15) is 11.6 Å². The number of esters is 1. The quantitative estimate of drug-likeness (QED) is 0.229. The summed E-state index contributed by atoms with van der Waals surface area (Å²) in [5.74, 6) is 0.431. The van der Waals surface area contributed by atoms with Crippen LogP contribution in [0.2, 0.25) is 0 Å². The topological polar surface area (TPSA) is 87.2 Å². The summed E-state index contributed by atoms with van der Waals surface area (Å²) >= 11 is 0. The molecule has 1 saturated heterocycles. The largest absolute Gasteiger partial charge is 0.412 e. The normalized spacial score (nSPS) is 21.6. The molecule has 0 radical (unpaired) electrons. The number of ether oxygens (including phenoxy) is 1. The van der Waals surface area contributed by atoms with Crippen LogP contribution in [0, 0.1) is 12.7 Å². The molecule has 0 N–H and O–H groups in total. The number of piperidine rings is 1. The van der Waals surface area contributed by atoms with E-state index in [1.165, 1.54) is 12.1 Å². The van der Waals surface area contributed by atoms with Gasteiger partial charge < -0.3 is 9.26 Å². The van der Waals surface area contributed by atoms with E-state index in [1.54, 1.807) is 12.1 Å². The molecule has 2 aromatic heterocycles. The fourth-order valence-corrected chi connectivity index (χ4v) is 6.15. The first kappa shape index (κ1) is 27.2. The Balaban J connectivity index is 1.36. The molecule has 2 aliphatic rings. The van der Waals surface area contributed by atoms with Crippen molar-refractivity contribution in [3.63, 3.8) is 0 Å². The standard InChI is InChI=1S/C30H38FN4O4/c1-4-21(5-2)30(37)38-19-35(17-13-24-20(3)32-27-8-6-7-14-34(27)29(24)36)15-11-22(12-16-35)28-25-10-9-23(31)18-26(25)39-33-28/h4,9-10,18,22H,5-8,11-17,19H2,1-3H3/q+1/b21-4-. The zero-order chi connectivity index (χ0) is 27.6. The second-order valence-electron chi connectivity index (χ2n) is 11.0. The number of carbonyl (C=O) groups excluding carboxylic acids is 1. The summed E-state index contributed by atoms with van der Waals surface area (Å²) in [6.45, 7) is 8.93. The Morgan fingerprint density at radius 3 is 2.82 bits per heavy atom. The highest BCUT2D eigenvalue weighted by Crippen LogP contribution is 2.35. The van der Waals surface area contributed by atoms with E-state index in [0.717, 1.165) is 79.9 Å². The Hall–Kier alpha value is -3.33. The van der Waals surface area contributed by atoms with Crippen molar-refractivity contribution >= 4 is 16.9 Å². The molecule has 9 heteroatoms. The first-order valence-electron chi connectivity index (χ1n) is 14.2. The van der Waals surface area contributed by atoms with Crippen LogP contribution in [-0.4, -0.2) is 51.5 Å². The molecule has 2 aliphatic heterocycles. The van der Waals surface area contributed by atoms with Crippen molar-refractivity contribution in [3.05, 3.63) is 68.8 Å². The van der Waals surface area contributed by atoms with Gasteiger partial charge in [-0.05, 0) is 45.2 Å². The van der Waals surface area contributed by atoms with Crippen LogP contribution in [0.25, 0.3) is 11.0 Å². The number of halogens is 1. The van der Waals surface area contributed by atoms with E-state index in [4.69, 9.17) is 14.2 Å². The molecule has 0 saturated carbocycles. The van der Waals surface area contributed by atoms with Gasteiger partial charge in [-0.2, -0.15) is 0 Å². The van der Waals surface area contributed by atoms with Crippen LogP contribution in [0.4, 0.5) is 4.39 Å². The molecular weight excluding hydrogens is 499 g/mol. The predicted octanol–water partition coefficient (Wildman–Crippen LogP) is 4.96. The minimum absolute atomic E-state index is 0.0747. The zero-order valence-corrected chi connectivity index (χ0v) is 23.2. The summed E-state index contributed by atoms with van der Waals surface area (Å²) in [7, 11) is 0. The van der Waals surface area contributed by atoms with Crippen molar-refractivity contribution in [1.29, 1.82) is 0 Å². The molecule has 0 aliphatic carbocycles. The van der Waals surface area contributed by atoms with Crippen LogP contribution in [-0.2, 0) is 28.9 Å². The first-order chi connectivity index (χ1) is 18.8. The summed E-state index contributed by atoms with van der Waals surface area (Å²) in [6, 6.07) is 4.54. The summed E-state index contributed by atoms with van der Waals surface area (Å²) in [5.41, 5.74) is 3.62. The maximum atomic E-state index is 13.7. The van der Waals surface area contributed by atoms with Crippen LogP contribution < -0.4 is 5.56 Å². The molecule has 1 aromatic carbocycles. The number of rotatable bonds is 8. The number of carbonyl (C=O) groups is 1. The van der Waals surface area contributed by atoms with E-state index in [9.17, 15) is 14.0 Å².